The number of rotatable bonds is 6. The molecule has 1 aliphatic heterocycles. The molecule has 2 N–H and O–H groups in total. The summed E-state index contributed by atoms with van der Waals surface area (Å²) < 4.78 is 17.9. The van der Waals surface area contributed by atoms with Gasteiger partial charge in [-0.2, -0.15) is 0 Å². The van der Waals surface area contributed by atoms with Gasteiger partial charge in [-0.1, -0.05) is 0 Å². The van der Waals surface area contributed by atoms with Gasteiger partial charge in [-0.05, 0) is 49.6 Å². The number of halogens is 1. The molecule has 1 aromatic carbocycles. The van der Waals surface area contributed by atoms with E-state index in [9.17, 15) is 14.0 Å². The molecule has 7 heteroatoms. The van der Waals surface area contributed by atoms with Crippen LogP contribution < -0.4 is 15.5 Å². The van der Waals surface area contributed by atoms with Crippen LogP contribution in [0.5, 0.6) is 5.75 Å². The second-order valence-corrected chi connectivity index (χ2v) is 6.85. The van der Waals surface area contributed by atoms with E-state index in [0.29, 0.717) is 30.3 Å². The molecule has 1 atom stereocenters. The molecule has 0 spiro atoms. The smallest absolute Gasteiger partial charge is 0.251 e. The summed E-state index contributed by atoms with van der Waals surface area (Å²) in [6.45, 7) is 3.03. The Bertz CT molecular complexity index is 835. The Morgan fingerprint density at radius 2 is 2.15 bits per heavy atom. The van der Waals surface area contributed by atoms with Crippen LogP contribution in [0.1, 0.15) is 28.9 Å². The minimum absolute atomic E-state index is 0.133. The standard InChI is InChI=1S/C20H24FN3O3/c1-27-19-11-22-17(9-18(19)25)13-24-8-2-3-14(12-24)10-23-20(26)15-4-6-16(21)7-5-15/h4-7,9,11,14H,2-3,8,10,12-13H2,1H3,(H,22,25)(H,23,26). The zero-order valence-electron chi connectivity index (χ0n) is 15.3. The van der Waals surface area contributed by atoms with E-state index in [2.05, 4.69) is 15.2 Å². The van der Waals surface area contributed by atoms with Crippen LogP contribution >= 0.6 is 0 Å². The number of H-pyrrole nitrogens is 1. The van der Waals surface area contributed by atoms with E-state index in [1.165, 1.54) is 31.4 Å². The van der Waals surface area contributed by atoms with E-state index in [4.69, 9.17) is 4.74 Å². The summed E-state index contributed by atoms with van der Waals surface area (Å²) in [6.07, 6.45) is 3.67. The highest BCUT2D eigenvalue weighted by atomic mass is 19.1. The summed E-state index contributed by atoms with van der Waals surface area (Å²) in [6, 6.07) is 7.11. The third-order valence-corrected chi connectivity index (χ3v) is 4.81. The molecule has 6 nitrogen and oxygen atoms in total. The number of pyridine rings is 1. The van der Waals surface area contributed by atoms with Gasteiger partial charge in [-0.15, -0.1) is 0 Å². The van der Waals surface area contributed by atoms with Crippen molar-refractivity contribution in [2.24, 2.45) is 5.92 Å². The SMILES string of the molecule is COc1c[nH]c(CN2CCCC(CNC(=O)c3ccc(F)cc3)C2)cc1=O. The van der Waals surface area contributed by atoms with Gasteiger partial charge in [0.15, 0.2) is 5.75 Å². The van der Waals surface area contributed by atoms with Crippen LogP contribution in [-0.4, -0.2) is 42.5 Å². The van der Waals surface area contributed by atoms with Crippen LogP contribution in [0.15, 0.2) is 41.3 Å². The molecule has 0 aliphatic carbocycles. The zero-order valence-corrected chi connectivity index (χ0v) is 15.3. The molecule has 144 valence electrons. The maximum Gasteiger partial charge on any atom is 0.251 e. The van der Waals surface area contributed by atoms with Crippen LogP contribution in [0.25, 0.3) is 0 Å². The molecule has 27 heavy (non-hydrogen) atoms. The topological polar surface area (TPSA) is 74.4 Å². The number of piperidine rings is 1. The quantitative estimate of drug-likeness (QED) is 0.814. The minimum Gasteiger partial charge on any atom is -0.491 e. The maximum absolute atomic E-state index is 12.9. The van der Waals surface area contributed by atoms with Crippen molar-refractivity contribution >= 4 is 5.91 Å². The van der Waals surface area contributed by atoms with Crippen LogP contribution in [0.3, 0.4) is 0 Å². The van der Waals surface area contributed by atoms with Crippen molar-refractivity contribution in [3.8, 4) is 5.75 Å². The number of carbonyl (C=O) groups excluding carboxylic acids is 1. The minimum atomic E-state index is -0.356. The molecule has 1 unspecified atom stereocenters. The highest BCUT2D eigenvalue weighted by molar-refractivity contribution is 5.94. The van der Waals surface area contributed by atoms with Gasteiger partial charge in [0.25, 0.3) is 5.91 Å². The molecule has 3 rings (SSSR count). The van der Waals surface area contributed by atoms with E-state index in [-0.39, 0.29) is 17.2 Å². The summed E-state index contributed by atoms with van der Waals surface area (Å²) in [4.78, 5) is 29.4. The first-order chi connectivity index (χ1) is 13.0. The molecule has 1 aliphatic rings. The highest BCUT2D eigenvalue weighted by Crippen LogP contribution is 2.18. The number of amides is 1. The van der Waals surface area contributed by atoms with Crippen molar-refractivity contribution in [3.63, 3.8) is 0 Å². The first-order valence-corrected chi connectivity index (χ1v) is 9.07. The number of carbonyl (C=O) groups is 1. The van der Waals surface area contributed by atoms with Gasteiger partial charge in [-0.25, -0.2) is 4.39 Å². The largest absolute Gasteiger partial charge is 0.491 e. The first-order valence-electron chi connectivity index (χ1n) is 9.07. The molecule has 0 saturated carbocycles. The highest BCUT2D eigenvalue weighted by Gasteiger charge is 2.21. The summed E-state index contributed by atoms with van der Waals surface area (Å²) >= 11 is 0. The normalized spacial score (nSPS) is 17.5. The van der Waals surface area contributed by atoms with E-state index in [0.717, 1.165) is 31.6 Å². The number of methoxy groups -OCH3 is 1. The number of aromatic amines is 1. The Morgan fingerprint density at radius 1 is 1.37 bits per heavy atom. The van der Waals surface area contributed by atoms with Gasteiger partial charge in [0.1, 0.15) is 5.82 Å². The molecule has 1 aromatic heterocycles. The predicted molar refractivity (Wildman–Crippen MR) is 100 cm³/mol. The fraction of sp³-hybridized carbons (Fsp3) is 0.400. The van der Waals surface area contributed by atoms with Gasteiger partial charge < -0.3 is 15.0 Å². The van der Waals surface area contributed by atoms with Crippen molar-refractivity contribution in [1.29, 1.82) is 0 Å². The summed E-state index contributed by atoms with van der Waals surface area (Å²) in [5.41, 5.74) is 1.17. The number of likely N-dealkylation sites (tertiary alicyclic amines) is 1. The zero-order chi connectivity index (χ0) is 19.2. The van der Waals surface area contributed by atoms with Crippen molar-refractivity contribution in [2.45, 2.75) is 19.4 Å². The van der Waals surface area contributed by atoms with E-state index < -0.39 is 0 Å². The second-order valence-electron chi connectivity index (χ2n) is 6.85. The summed E-state index contributed by atoms with van der Waals surface area (Å²) in [5.74, 6) is 0.101. The molecule has 1 amide bonds. The van der Waals surface area contributed by atoms with Crippen molar-refractivity contribution < 1.29 is 13.9 Å². The number of hydrogen-bond acceptors (Lipinski definition) is 4. The number of benzene rings is 1. The Labute approximate surface area is 157 Å². The lowest BCUT2D eigenvalue weighted by Gasteiger charge is -2.32. The summed E-state index contributed by atoms with van der Waals surface area (Å²) in [5, 5.41) is 2.93. The Balaban J connectivity index is 1.51. The maximum atomic E-state index is 12.9. The lowest BCUT2D eigenvalue weighted by atomic mass is 9.97. The monoisotopic (exact) mass is 373 g/mol. The lowest BCUT2D eigenvalue weighted by Crippen LogP contribution is -2.40. The molecular weight excluding hydrogens is 349 g/mol. The van der Waals surface area contributed by atoms with Crippen LogP contribution in [0.4, 0.5) is 4.39 Å². The molecule has 2 heterocycles. The van der Waals surface area contributed by atoms with Gasteiger partial charge in [-0.3, -0.25) is 14.5 Å². The number of aromatic nitrogens is 1. The molecule has 1 saturated heterocycles. The molecule has 2 aromatic rings. The number of ether oxygens (including phenoxy) is 1. The fourth-order valence-electron chi connectivity index (χ4n) is 3.39. The van der Waals surface area contributed by atoms with Crippen LogP contribution in [0, 0.1) is 11.7 Å². The Kier molecular flexibility index (Phi) is 6.24. The van der Waals surface area contributed by atoms with Crippen LogP contribution in [-0.2, 0) is 6.54 Å². The average molecular weight is 373 g/mol. The third-order valence-electron chi connectivity index (χ3n) is 4.81. The van der Waals surface area contributed by atoms with Crippen molar-refractivity contribution in [1.82, 2.24) is 15.2 Å². The van der Waals surface area contributed by atoms with Gasteiger partial charge in [0.05, 0.1) is 7.11 Å². The van der Waals surface area contributed by atoms with Gasteiger partial charge in [0, 0.05) is 43.2 Å². The molecule has 0 radical (unpaired) electrons. The second kappa shape index (κ2) is 8.81. The summed E-state index contributed by atoms with van der Waals surface area (Å²) in [7, 11) is 1.47. The number of nitrogens with one attached hydrogen (secondary N) is 2. The van der Waals surface area contributed by atoms with Gasteiger partial charge >= 0.3 is 0 Å². The van der Waals surface area contributed by atoms with E-state index >= 15 is 0 Å². The van der Waals surface area contributed by atoms with Crippen LogP contribution in [0.2, 0.25) is 0 Å². The number of hydrogen-bond donors (Lipinski definition) is 2. The predicted octanol–water partition coefficient (Wildman–Crippen LogP) is 2.16. The first kappa shape index (κ1) is 19.1. The number of nitrogens with zero attached hydrogens (tertiary/aromatic N) is 1. The Hall–Kier alpha value is -2.67. The van der Waals surface area contributed by atoms with E-state index in [1.54, 1.807) is 12.3 Å². The lowest BCUT2D eigenvalue weighted by molar-refractivity contribution is 0.0930. The third kappa shape index (κ3) is 5.17. The average Bonchev–Trinajstić information content (AvgIpc) is 2.67. The Morgan fingerprint density at radius 3 is 2.85 bits per heavy atom. The molecule has 1 fully saturated rings. The molecule has 0 bridgehead atoms. The van der Waals surface area contributed by atoms with Crippen molar-refractivity contribution in [2.75, 3.05) is 26.7 Å². The fourth-order valence-corrected chi connectivity index (χ4v) is 3.39. The van der Waals surface area contributed by atoms with Crippen molar-refractivity contribution in [3.05, 3.63) is 63.8 Å². The van der Waals surface area contributed by atoms with E-state index in [1.807, 2.05) is 0 Å². The van der Waals surface area contributed by atoms with Gasteiger partial charge in [0.2, 0.25) is 5.43 Å². The molecular formula is C20H24FN3O3.